The van der Waals surface area contributed by atoms with Crippen molar-refractivity contribution in [1.82, 2.24) is 14.9 Å². The fourth-order valence-corrected chi connectivity index (χ4v) is 3.99. The van der Waals surface area contributed by atoms with Crippen LogP contribution in [0, 0.1) is 5.41 Å². The highest BCUT2D eigenvalue weighted by molar-refractivity contribution is 6.04. The quantitative estimate of drug-likeness (QED) is 0.706. The average Bonchev–Trinajstić information content (AvgIpc) is 2.75. The van der Waals surface area contributed by atoms with Gasteiger partial charge in [-0.3, -0.25) is 19.6 Å². The SMILES string of the molecule is O=C(c1cccc2nccnc12)N1CC[C@](Cc2ccccc2)(C(=O)O)[C@H](O)C1. The highest BCUT2D eigenvalue weighted by atomic mass is 16.4. The molecule has 1 aliphatic heterocycles. The summed E-state index contributed by atoms with van der Waals surface area (Å²) in [5, 5.41) is 20.7. The number of carbonyl (C=O) groups is 2. The van der Waals surface area contributed by atoms with Crippen molar-refractivity contribution >= 4 is 22.9 Å². The van der Waals surface area contributed by atoms with Gasteiger partial charge in [0, 0.05) is 25.5 Å². The van der Waals surface area contributed by atoms with Gasteiger partial charge in [-0.2, -0.15) is 0 Å². The van der Waals surface area contributed by atoms with Gasteiger partial charge >= 0.3 is 5.97 Å². The molecule has 0 bridgehead atoms. The van der Waals surface area contributed by atoms with E-state index in [1.807, 2.05) is 30.3 Å². The van der Waals surface area contributed by atoms with Crippen LogP contribution in [0.1, 0.15) is 22.3 Å². The van der Waals surface area contributed by atoms with E-state index >= 15 is 0 Å². The Morgan fingerprint density at radius 3 is 2.55 bits per heavy atom. The molecule has 0 radical (unpaired) electrons. The van der Waals surface area contributed by atoms with Crippen LogP contribution in [0.3, 0.4) is 0 Å². The number of carbonyl (C=O) groups excluding carboxylic acids is 1. The minimum Gasteiger partial charge on any atom is -0.481 e. The van der Waals surface area contributed by atoms with Crippen LogP contribution in [0.2, 0.25) is 0 Å². The molecule has 1 fully saturated rings. The van der Waals surface area contributed by atoms with Gasteiger partial charge in [-0.25, -0.2) is 0 Å². The van der Waals surface area contributed by atoms with Crippen LogP contribution in [-0.4, -0.2) is 56.2 Å². The van der Waals surface area contributed by atoms with Crippen molar-refractivity contribution in [3.63, 3.8) is 0 Å². The molecule has 2 heterocycles. The van der Waals surface area contributed by atoms with E-state index in [1.54, 1.807) is 24.4 Å². The number of hydrogen-bond donors (Lipinski definition) is 2. The number of benzene rings is 2. The summed E-state index contributed by atoms with van der Waals surface area (Å²) in [6.45, 7) is 0.195. The summed E-state index contributed by atoms with van der Waals surface area (Å²) in [7, 11) is 0. The van der Waals surface area contributed by atoms with Gasteiger partial charge in [0.1, 0.15) is 10.9 Å². The molecule has 0 aliphatic carbocycles. The summed E-state index contributed by atoms with van der Waals surface area (Å²) in [4.78, 5) is 35.2. The van der Waals surface area contributed by atoms with Crippen molar-refractivity contribution in [2.24, 2.45) is 5.41 Å². The monoisotopic (exact) mass is 391 g/mol. The topological polar surface area (TPSA) is 104 Å². The highest BCUT2D eigenvalue weighted by Gasteiger charge is 2.49. The maximum Gasteiger partial charge on any atom is 0.312 e. The van der Waals surface area contributed by atoms with Crippen LogP contribution in [0.5, 0.6) is 0 Å². The number of nitrogens with zero attached hydrogens (tertiary/aromatic N) is 3. The second kappa shape index (κ2) is 7.60. The Hall–Kier alpha value is -3.32. The Morgan fingerprint density at radius 1 is 1.07 bits per heavy atom. The largest absolute Gasteiger partial charge is 0.481 e. The number of carboxylic acids is 1. The normalized spacial score (nSPS) is 21.8. The molecule has 29 heavy (non-hydrogen) atoms. The first-order valence-corrected chi connectivity index (χ1v) is 9.46. The minimum atomic E-state index is -1.32. The Morgan fingerprint density at radius 2 is 1.83 bits per heavy atom. The van der Waals surface area contributed by atoms with E-state index < -0.39 is 17.5 Å². The second-order valence-corrected chi connectivity index (χ2v) is 7.37. The smallest absolute Gasteiger partial charge is 0.312 e. The van der Waals surface area contributed by atoms with E-state index in [9.17, 15) is 19.8 Å². The van der Waals surface area contributed by atoms with Crippen molar-refractivity contribution in [3.8, 4) is 0 Å². The predicted octanol–water partition coefficient (Wildman–Crippen LogP) is 2.15. The van der Waals surface area contributed by atoms with E-state index in [0.29, 0.717) is 16.6 Å². The van der Waals surface area contributed by atoms with Crippen LogP contribution in [-0.2, 0) is 11.2 Å². The van der Waals surface area contributed by atoms with E-state index in [4.69, 9.17) is 0 Å². The molecule has 1 amide bonds. The van der Waals surface area contributed by atoms with Crippen LogP contribution in [0.25, 0.3) is 11.0 Å². The highest BCUT2D eigenvalue weighted by Crippen LogP contribution is 2.36. The number of para-hydroxylation sites is 1. The average molecular weight is 391 g/mol. The lowest BCUT2D eigenvalue weighted by Crippen LogP contribution is -2.57. The molecular formula is C22H21N3O4. The number of carboxylic acid groups (broad SMARTS) is 1. The molecular weight excluding hydrogens is 370 g/mol. The fraction of sp³-hybridized carbons (Fsp3) is 0.273. The number of β-amino-alcohol motifs (C(OH)–C–C–N with tert-alkyl or cyclic N) is 1. The molecule has 1 saturated heterocycles. The first-order valence-electron chi connectivity index (χ1n) is 9.46. The molecule has 7 nitrogen and oxygen atoms in total. The van der Waals surface area contributed by atoms with Crippen molar-refractivity contribution in [2.75, 3.05) is 13.1 Å². The number of piperidine rings is 1. The first-order chi connectivity index (χ1) is 14.0. The van der Waals surface area contributed by atoms with Gasteiger partial charge in [0.05, 0.1) is 17.2 Å². The van der Waals surface area contributed by atoms with Gasteiger partial charge in [-0.15, -0.1) is 0 Å². The lowest BCUT2D eigenvalue weighted by molar-refractivity contribution is -0.161. The fourth-order valence-electron chi connectivity index (χ4n) is 3.99. The van der Waals surface area contributed by atoms with Crippen LogP contribution >= 0.6 is 0 Å². The number of hydrogen-bond acceptors (Lipinski definition) is 5. The van der Waals surface area contributed by atoms with Crippen molar-refractivity contribution < 1.29 is 19.8 Å². The summed E-state index contributed by atoms with van der Waals surface area (Å²) in [6, 6.07) is 14.4. The molecule has 0 unspecified atom stereocenters. The molecule has 0 spiro atoms. The molecule has 148 valence electrons. The zero-order chi connectivity index (χ0) is 20.4. The summed E-state index contributed by atoms with van der Waals surface area (Å²) in [5.41, 5.74) is 1.02. The third-order valence-corrected chi connectivity index (χ3v) is 5.66. The summed E-state index contributed by atoms with van der Waals surface area (Å²) < 4.78 is 0. The molecule has 0 saturated carbocycles. The van der Waals surface area contributed by atoms with E-state index in [1.165, 1.54) is 11.1 Å². The molecule has 1 aromatic heterocycles. The Kier molecular flexibility index (Phi) is 4.98. The lowest BCUT2D eigenvalue weighted by atomic mass is 9.71. The zero-order valence-corrected chi connectivity index (χ0v) is 15.7. The standard InChI is InChI=1S/C22H21N3O4/c26-18-14-25(20(27)16-7-4-8-17-19(16)24-11-10-23-17)12-9-22(18,21(28)29)13-15-5-2-1-3-6-15/h1-8,10-11,18,26H,9,12-14H2,(H,28,29)/t18-,22-/m1/s1. The van der Waals surface area contributed by atoms with Gasteiger partial charge in [-0.05, 0) is 30.5 Å². The molecule has 2 atom stereocenters. The van der Waals surface area contributed by atoms with Gasteiger partial charge in [0.25, 0.3) is 5.91 Å². The zero-order valence-electron chi connectivity index (χ0n) is 15.7. The van der Waals surface area contributed by atoms with Crippen LogP contribution < -0.4 is 0 Å². The Balaban J connectivity index is 1.59. The third kappa shape index (κ3) is 3.45. The molecule has 2 N–H and O–H groups in total. The summed E-state index contributed by atoms with van der Waals surface area (Å²) in [5.74, 6) is -1.33. The van der Waals surface area contributed by atoms with Crippen molar-refractivity contribution in [2.45, 2.75) is 18.9 Å². The number of rotatable bonds is 4. The maximum absolute atomic E-state index is 13.1. The number of fused-ring (bicyclic) bond motifs is 1. The van der Waals surface area contributed by atoms with E-state index in [2.05, 4.69) is 9.97 Å². The molecule has 7 heteroatoms. The second-order valence-electron chi connectivity index (χ2n) is 7.37. The van der Waals surface area contributed by atoms with Gasteiger partial charge in [0.15, 0.2) is 0 Å². The molecule has 2 aromatic carbocycles. The number of aliphatic hydroxyl groups excluding tert-OH is 1. The maximum atomic E-state index is 13.1. The van der Waals surface area contributed by atoms with Crippen molar-refractivity contribution in [1.29, 1.82) is 0 Å². The van der Waals surface area contributed by atoms with Gasteiger partial charge in [-0.1, -0.05) is 36.4 Å². The predicted molar refractivity (Wildman–Crippen MR) is 106 cm³/mol. The van der Waals surface area contributed by atoms with Crippen molar-refractivity contribution in [3.05, 3.63) is 72.1 Å². The molecule has 4 rings (SSSR count). The van der Waals surface area contributed by atoms with E-state index in [-0.39, 0.29) is 31.8 Å². The van der Waals surface area contributed by atoms with Gasteiger partial charge < -0.3 is 15.1 Å². The minimum absolute atomic E-state index is 0.0470. The Labute approximate surface area is 167 Å². The molecule has 3 aromatic rings. The van der Waals surface area contributed by atoms with Gasteiger partial charge in [0.2, 0.25) is 0 Å². The Bertz CT molecular complexity index is 1050. The summed E-state index contributed by atoms with van der Waals surface area (Å²) >= 11 is 0. The molecule has 1 aliphatic rings. The number of aliphatic carboxylic acids is 1. The summed E-state index contributed by atoms with van der Waals surface area (Å²) in [6.07, 6.45) is 2.29. The first kappa shape index (κ1) is 19.0. The number of likely N-dealkylation sites (tertiary alicyclic amines) is 1. The van der Waals surface area contributed by atoms with Crippen LogP contribution in [0.4, 0.5) is 0 Å². The third-order valence-electron chi connectivity index (χ3n) is 5.66. The number of aromatic nitrogens is 2. The van der Waals surface area contributed by atoms with E-state index in [0.717, 1.165) is 5.56 Å². The number of amides is 1. The number of aliphatic hydroxyl groups is 1. The van der Waals surface area contributed by atoms with Crippen LogP contribution in [0.15, 0.2) is 60.9 Å². The lowest BCUT2D eigenvalue weighted by Gasteiger charge is -2.43.